The first-order valence-corrected chi connectivity index (χ1v) is 9.27. The van der Waals surface area contributed by atoms with E-state index in [9.17, 15) is 27.6 Å². The van der Waals surface area contributed by atoms with E-state index in [1.807, 2.05) is 5.32 Å². The van der Waals surface area contributed by atoms with E-state index in [0.29, 0.717) is 4.57 Å². The molecule has 0 saturated carbocycles. The standard InChI is InChI=1S/C16H12Cl2F3N5O4/c17-7-3-9-10(4-8(7)18)26-13(22-9)23-12(28)15(26,16(19,20)21)24-11(27)6-1-2-25(5-6)14(29)30/h3-4,6H,1-2,5H2,(H,24,27)(H,29,30)(H,22,23,28). The van der Waals surface area contributed by atoms with E-state index in [0.717, 1.165) is 11.0 Å². The minimum atomic E-state index is -5.26. The van der Waals surface area contributed by atoms with Gasteiger partial charge in [-0.2, -0.15) is 13.2 Å². The number of carboxylic acid groups (broad SMARTS) is 1. The van der Waals surface area contributed by atoms with E-state index in [-0.39, 0.29) is 40.6 Å². The van der Waals surface area contributed by atoms with Gasteiger partial charge in [0.2, 0.25) is 11.9 Å². The molecule has 2 aromatic rings. The number of amides is 3. The molecule has 1 aromatic carbocycles. The molecule has 2 unspecified atom stereocenters. The van der Waals surface area contributed by atoms with E-state index in [1.54, 1.807) is 5.32 Å². The summed E-state index contributed by atoms with van der Waals surface area (Å²) in [6.07, 6.45) is -6.53. The van der Waals surface area contributed by atoms with Gasteiger partial charge in [-0.15, -0.1) is 0 Å². The Bertz CT molecular complexity index is 1100. The average molecular weight is 466 g/mol. The van der Waals surface area contributed by atoms with E-state index in [1.165, 1.54) is 6.07 Å². The van der Waals surface area contributed by atoms with Crippen LogP contribution in [0.4, 0.5) is 23.9 Å². The minimum absolute atomic E-state index is 0.00794. The number of likely N-dealkylation sites (tertiary alicyclic amines) is 1. The average Bonchev–Trinajstić information content (AvgIpc) is 3.30. The fourth-order valence-corrected chi connectivity index (χ4v) is 3.97. The lowest BCUT2D eigenvalue weighted by molar-refractivity contribution is -0.218. The third-order valence-corrected chi connectivity index (χ3v) is 5.85. The Hall–Kier alpha value is -2.73. The molecule has 14 heteroatoms. The van der Waals surface area contributed by atoms with Crippen molar-refractivity contribution in [2.24, 2.45) is 5.92 Å². The molecule has 1 aromatic heterocycles. The zero-order chi connectivity index (χ0) is 22.0. The quantitative estimate of drug-likeness (QED) is 0.630. The Morgan fingerprint density at radius 2 is 1.97 bits per heavy atom. The highest BCUT2D eigenvalue weighted by atomic mass is 35.5. The van der Waals surface area contributed by atoms with Crippen molar-refractivity contribution in [2.45, 2.75) is 18.3 Å². The van der Waals surface area contributed by atoms with Crippen LogP contribution in [0.5, 0.6) is 0 Å². The Labute approximate surface area is 175 Å². The number of halogens is 5. The Balaban J connectivity index is 1.81. The van der Waals surface area contributed by atoms with Gasteiger partial charge in [0.1, 0.15) is 0 Å². The largest absolute Gasteiger partial charge is 0.465 e. The van der Waals surface area contributed by atoms with Crippen LogP contribution in [-0.2, 0) is 15.3 Å². The van der Waals surface area contributed by atoms with E-state index in [4.69, 9.17) is 28.3 Å². The number of imidazole rings is 1. The van der Waals surface area contributed by atoms with Gasteiger partial charge < -0.3 is 15.3 Å². The van der Waals surface area contributed by atoms with E-state index in [2.05, 4.69) is 4.98 Å². The molecule has 2 aliphatic heterocycles. The van der Waals surface area contributed by atoms with Gasteiger partial charge in [-0.1, -0.05) is 23.2 Å². The van der Waals surface area contributed by atoms with Crippen molar-refractivity contribution >= 4 is 58.1 Å². The molecule has 30 heavy (non-hydrogen) atoms. The molecule has 1 fully saturated rings. The highest BCUT2D eigenvalue weighted by molar-refractivity contribution is 6.42. The van der Waals surface area contributed by atoms with Crippen LogP contribution in [-0.4, -0.2) is 56.7 Å². The molecule has 0 spiro atoms. The number of alkyl halides is 3. The summed E-state index contributed by atoms with van der Waals surface area (Å²) in [5.74, 6) is -4.15. The van der Waals surface area contributed by atoms with Crippen LogP contribution >= 0.6 is 23.2 Å². The molecule has 3 amide bonds. The normalized spacial score (nSPS) is 23.6. The number of rotatable bonds is 2. The van der Waals surface area contributed by atoms with Gasteiger partial charge >= 0.3 is 12.3 Å². The Morgan fingerprint density at radius 1 is 1.30 bits per heavy atom. The number of aromatic nitrogens is 2. The lowest BCUT2D eigenvalue weighted by Crippen LogP contribution is -2.64. The first kappa shape index (κ1) is 20.5. The Kier molecular flexibility index (Phi) is 4.54. The first-order chi connectivity index (χ1) is 14.0. The molecule has 0 radical (unpaired) electrons. The minimum Gasteiger partial charge on any atom is -0.465 e. The van der Waals surface area contributed by atoms with Crippen molar-refractivity contribution < 1.29 is 32.7 Å². The van der Waals surface area contributed by atoms with Gasteiger partial charge in [0.25, 0.3) is 11.6 Å². The summed E-state index contributed by atoms with van der Waals surface area (Å²) in [4.78, 5) is 41.1. The predicted molar refractivity (Wildman–Crippen MR) is 98.3 cm³/mol. The molecular weight excluding hydrogens is 454 g/mol. The number of carbonyl (C=O) groups excluding carboxylic acids is 2. The summed E-state index contributed by atoms with van der Waals surface area (Å²) in [7, 11) is 0. The van der Waals surface area contributed by atoms with Crippen molar-refractivity contribution in [1.82, 2.24) is 19.8 Å². The van der Waals surface area contributed by atoms with Gasteiger partial charge in [0.05, 0.1) is 27.0 Å². The first-order valence-electron chi connectivity index (χ1n) is 8.51. The molecule has 1 saturated heterocycles. The van der Waals surface area contributed by atoms with Crippen molar-refractivity contribution in [1.29, 1.82) is 0 Å². The van der Waals surface area contributed by atoms with Gasteiger partial charge in [0.15, 0.2) is 0 Å². The molecule has 160 valence electrons. The summed E-state index contributed by atoms with van der Waals surface area (Å²) < 4.78 is 43.4. The molecule has 9 nitrogen and oxygen atoms in total. The number of benzene rings is 1. The number of nitrogens with one attached hydrogen (secondary N) is 2. The smallest absolute Gasteiger partial charge is 0.440 e. The fraction of sp³-hybridized carbons (Fsp3) is 0.375. The second kappa shape index (κ2) is 6.64. The number of nitrogens with zero attached hydrogens (tertiary/aromatic N) is 3. The fourth-order valence-electron chi connectivity index (χ4n) is 3.66. The maximum absolute atomic E-state index is 14.3. The van der Waals surface area contributed by atoms with Crippen molar-refractivity contribution in [2.75, 3.05) is 18.4 Å². The SMILES string of the molecule is O=C(NC1(C(F)(F)F)C(=O)Nc2nc3cc(Cl)c(Cl)cc3n21)C1CCN(C(=O)O)C1. The summed E-state index contributed by atoms with van der Waals surface area (Å²) in [5, 5.41) is 12.8. The molecule has 3 heterocycles. The van der Waals surface area contributed by atoms with Gasteiger partial charge in [0, 0.05) is 13.1 Å². The lowest BCUT2D eigenvalue weighted by atomic mass is 10.0. The van der Waals surface area contributed by atoms with Gasteiger partial charge in [-0.3, -0.25) is 19.5 Å². The number of hydrogen-bond acceptors (Lipinski definition) is 4. The monoisotopic (exact) mass is 465 g/mol. The zero-order valence-electron chi connectivity index (χ0n) is 14.8. The third kappa shape index (κ3) is 2.85. The second-order valence-corrected chi connectivity index (χ2v) is 7.71. The molecule has 0 bridgehead atoms. The summed E-state index contributed by atoms with van der Waals surface area (Å²) in [6.45, 7) is -0.290. The molecule has 2 aliphatic rings. The highest BCUT2D eigenvalue weighted by Crippen LogP contribution is 2.45. The van der Waals surface area contributed by atoms with Crippen LogP contribution in [0.25, 0.3) is 11.0 Å². The van der Waals surface area contributed by atoms with Crippen LogP contribution in [0.1, 0.15) is 6.42 Å². The lowest BCUT2D eigenvalue weighted by Gasteiger charge is -2.32. The van der Waals surface area contributed by atoms with Crippen molar-refractivity contribution in [3.8, 4) is 0 Å². The molecular formula is C16H12Cl2F3N5O4. The van der Waals surface area contributed by atoms with Crippen LogP contribution < -0.4 is 10.6 Å². The summed E-state index contributed by atoms with van der Waals surface area (Å²) in [6, 6.07) is 2.35. The topological polar surface area (TPSA) is 117 Å². The van der Waals surface area contributed by atoms with Gasteiger partial charge in [-0.25, -0.2) is 9.78 Å². The van der Waals surface area contributed by atoms with Crippen LogP contribution in [0.15, 0.2) is 12.1 Å². The van der Waals surface area contributed by atoms with E-state index >= 15 is 0 Å². The third-order valence-electron chi connectivity index (χ3n) is 5.13. The second-order valence-electron chi connectivity index (χ2n) is 6.89. The maximum atomic E-state index is 14.3. The van der Waals surface area contributed by atoms with Gasteiger partial charge in [-0.05, 0) is 18.6 Å². The maximum Gasteiger partial charge on any atom is 0.440 e. The summed E-state index contributed by atoms with van der Waals surface area (Å²) in [5.41, 5.74) is -3.63. The van der Waals surface area contributed by atoms with Crippen LogP contribution in [0.3, 0.4) is 0 Å². The highest BCUT2D eigenvalue weighted by Gasteiger charge is 2.68. The van der Waals surface area contributed by atoms with Crippen LogP contribution in [0.2, 0.25) is 10.0 Å². The molecule has 4 rings (SSSR count). The molecule has 2 atom stereocenters. The van der Waals surface area contributed by atoms with Crippen molar-refractivity contribution in [3.05, 3.63) is 22.2 Å². The number of hydrogen-bond donors (Lipinski definition) is 3. The molecule has 0 aliphatic carbocycles. The van der Waals surface area contributed by atoms with E-state index < -0.39 is 41.6 Å². The molecule has 3 N–H and O–H groups in total. The predicted octanol–water partition coefficient (Wildman–Crippen LogP) is 2.63. The number of fused-ring (bicyclic) bond motifs is 3. The van der Waals surface area contributed by atoms with Crippen molar-refractivity contribution in [3.63, 3.8) is 0 Å². The van der Waals surface area contributed by atoms with Crippen LogP contribution in [0, 0.1) is 5.92 Å². The zero-order valence-corrected chi connectivity index (χ0v) is 16.3. The number of anilines is 1. The number of carbonyl (C=O) groups is 3. The summed E-state index contributed by atoms with van der Waals surface area (Å²) >= 11 is 11.8. The Morgan fingerprint density at radius 3 is 2.57 bits per heavy atom.